The van der Waals surface area contributed by atoms with Crippen LogP contribution in [0.2, 0.25) is 0 Å². The first-order valence-electron chi connectivity index (χ1n) is 5.57. The number of aromatic hydroxyl groups is 2. The van der Waals surface area contributed by atoms with E-state index in [0.717, 1.165) is 0 Å². The Morgan fingerprint density at radius 3 is 2.68 bits per heavy atom. The van der Waals surface area contributed by atoms with Crippen LogP contribution in [0.25, 0.3) is 21.7 Å². The van der Waals surface area contributed by atoms with E-state index in [1.54, 1.807) is 18.2 Å². The number of benzene rings is 2. The van der Waals surface area contributed by atoms with E-state index in [9.17, 15) is 15.0 Å². The summed E-state index contributed by atoms with van der Waals surface area (Å²) in [5.41, 5.74) is -0.439. The molecule has 1 heterocycles. The predicted octanol–water partition coefficient (Wildman–Crippen LogP) is 2.37. The SMILES string of the molecule is COc1cccc2c(=O)oc3cc(O)cc(O)c3c12. The summed E-state index contributed by atoms with van der Waals surface area (Å²) in [7, 11) is 1.48. The average Bonchev–Trinajstić information content (AvgIpc) is 2.37. The lowest BCUT2D eigenvalue weighted by Crippen LogP contribution is -2.01. The third-order valence-corrected chi connectivity index (χ3v) is 2.98. The summed E-state index contributed by atoms with van der Waals surface area (Å²) in [5, 5.41) is 20.5. The molecule has 1 aromatic heterocycles. The highest BCUT2D eigenvalue weighted by molar-refractivity contribution is 6.10. The van der Waals surface area contributed by atoms with Gasteiger partial charge in [-0.25, -0.2) is 4.79 Å². The maximum Gasteiger partial charge on any atom is 0.344 e. The maximum atomic E-state index is 11.9. The van der Waals surface area contributed by atoms with Crippen molar-refractivity contribution in [1.82, 2.24) is 0 Å². The lowest BCUT2D eigenvalue weighted by molar-refractivity contribution is 0.419. The van der Waals surface area contributed by atoms with Crippen LogP contribution in [0.5, 0.6) is 17.2 Å². The topological polar surface area (TPSA) is 79.9 Å². The summed E-state index contributed by atoms with van der Waals surface area (Å²) in [5.74, 6) is 0.104. The molecule has 0 amide bonds. The maximum absolute atomic E-state index is 11.9. The molecule has 3 aromatic rings. The molecule has 0 spiro atoms. The number of phenols is 2. The molecule has 3 rings (SSSR count). The van der Waals surface area contributed by atoms with Gasteiger partial charge in [-0.2, -0.15) is 0 Å². The van der Waals surface area contributed by atoms with Crippen LogP contribution in [0.4, 0.5) is 0 Å². The van der Waals surface area contributed by atoms with Crippen molar-refractivity contribution < 1.29 is 19.4 Å². The van der Waals surface area contributed by atoms with E-state index < -0.39 is 5.63 Å². The molecule has 0 saturated heterocycles. The molecule has 0 radical (unpaired) electrons. The van der Waals surface area contributed by atoms with Gasteiger partial charge in [0.25, 0.3) is 0 Å². The molecule has 2 aromatic carbocycles. The van der Waals surface area contributed by atoms with Gasteiger partial charge in [0.2, 0.25) is 0 Å². The minimum atomic E-state index is -0.550. The molecule has 0 fully saturated rings. The van der Waals surface area contributed by atoms with Crippen molar-refractivity contribution in [3.8, 4) is 17.2 Å². The largest absolute Gasteiger partial charge is 0.508 e. The van der Waals surface area contributed by atoms with E-state index in [2.05, 4.69) is 0 Å². The molecule has 0 unspecified atom stereocenters. The second kappa shape index (κ2) is 3.91. The van der Waals surface area contributed by atoms with Crippen molar-refractivity contribution in [3.63, 3.8) is 0 Å². The number of ether oxygens (including phenoxy) is 1. The summed E-state index contributed by atoms with van der Waals surface area (Å²) < 4.78 is 10.3. The fourth-order valence-corrected chi connectivity index (χ4v) is 2.20. The Morgan fingerprint density at radius 1 is 1.16 bits per heavy atom. The Kier molecular flexibility index (Phi) is 2.35. The van der Waals surface area contributed by atoms with Crippen molar-refractivity contribution in [3.05, 3.63) is 40.8 Å². The van der Waals surface area contributed by atoms with Gasteiger partial charge in [0.05, 0.1) is 17.9 Å². The monoisotopic (exact) mass is 258 g/mol. The fourth-order valence-electron chi connectivity index (χ4n) is 2.20. The Morgan fingerprint density at radius 2 is 1.95 bits per heavy atom. The molecule has 96 valence electrons. The van der Waals surface area contributed by atoms with Crippen LogP contribution >= 0.6 is 0 Å². The number of methoxy groups -OCH3 is 1. The van der Waals surface area contributed by atoms with E-state index in [0.29, 0.717) is 21.9 Å². The molecule has 0 bridgehead atoms. The van der Waals surface area contributed by atoms with Gasteiger partial charge in [0.15, 0.2) is 0 Å². The molecule has 0 saturated carbocycles. The van der Waals surface area contributed by atoms with Crippen LogP contribution in [0.1, 0.15) is 0 Å². The van der Waals surface area contributed by atoms with Gasteiger partial charge in [0.1, 0.15) is 22.8 Å². The second-order valence-electron chi connectivity index (χ2n) is 4.11. The Hall–Kier alpha value is -2.69. The highest BCUT2D eigenvalue weighted by Crippen LogP contribution is 2.37. The normalized spacial score (nSPS) is 11.0. The van der Waals surface area contributed by atoms with E-state index in [-0.39, 0.29) is 17.1 Å². The third kappa shape index (κ3) is 1.59. The van der Waals surface area contributed by atoms with Crippen LogP contribution in [0, 0.1) is 0 Å². The number of rotatable bonds is 1. The predicted molar refractivity (Wildman–Crippen MR) is 69.9 cm³/mol. The van der Waals surface area contributed by atoms with Gasteiger partial charge in [-0.15, -0.1) is 0 Å². The molecule has 5 heteroatoms. The number of phenolic OH excluding ortho intramolecular Hbond substituents is 2. The highest BCUT2D eigenvalue weighted by atomic mass is 16.5. The first-order chi connectivity index (χ1) is 9.11. The third-order valence-electron chi connectivity index (χ3n) is 2.98. The summed E-state index contributed by atoms with van der Waals surface area (Å²) >= 11 is 0. The lowest BCUT2D eigenvalue weighted by atomic mass is 10.1. The quantitative estimate of drug-likeness (QED) is 0.517. The van der Waals surface area contributed by atoms with E-state index in [1.807, 2.05) is 0 Å². The zero-order chi connectivity index (χ0) is 13.6. The minimum absolute atomic E-state index is 0.111. The second-order valence-corrected chi connectivity index (χ2v) is 4.11. The van der Waals surface area contributed by atoms with E-state index in [1.165, 1.54) is 19.2 Å². The molecule has 5 nitrogen and oxygen atoms in total. The van der Waals surface area contributed by atoms with Crippen molar-refractivity contribution in [1.29, 1.82) is 0 Å². The van der Waals surface area contributed by atoms with Gasteiger partial charge >= 0.3 is 5.63 Å². The van der Waals surface area contributed by atoms with E-state index in [4.69, 9.17) is 9.15 Å². The molecular weight excluding hydrogens is 248 g/mol. The van der Waals surface area contributed by atoms with Crippen LogP contribution < -0.4 is 10.4 Å². The summed E-state index contributed by atoms with van der Waals surface area (Å²) in [6.07, 6.45) is 0. The Bertz CT molecular complexity index is 848. The van der Waals surface area contributed by atoms with Gasteiger partial charge in [-0.05, 0) is 12.1 Å². The first kappa shape index (κ1) is 11.4. The zero-order valence-electron chi connectivity index (χ0n) is 10.0. The lowest BCUT2D eigenvalue weighted by Gasteiger charge is -2.09. The van der Waals surface area contributed by atoms with Crippen LogP contribution in [0.15, 0.2) is 39.5 Å². The summed E-state index contributed by atoms with van der Waals surface area (Å²) in [4.78, 5) is 11.9. The molecule has 0 atom stereocenters. The highest BCUT2D eigenvalue weighted by Gasteiger charge is 2.15. The number of hydrogen-bond acceptors (Lipinski definition) is 5. The van der Waals surface area contributed by atoms with Gasteiger partial charge in [-0.1, -0.05) is 6.07 Å². The van der Waals surface area contributed by atoms with Crippen LogP contribution in [-0.4, -0.2) is 17.3 Å². The van der Waals surface area contributed by atoms with E-state index >= 15 is 0 Å². The Balaban J connectivity index is 2.68. The van der Waals surface area contributed by atoms with Gasteiger partial charge in [0, 0.05) is 17.5 Å². The van der Waals surface area contributed by atoms with Crippen molar-refractivity contribution in [2.75, 3.05) is 7.11 Å². The molecule has 19 heavy (non-hydrogen) atoms. The summed E-state index contributed by atoms with van der Waals surface area (Å²) in [6, 6.07) is 7.42. The van der Waals surface area contributed by atoms with Crippen LogP contribution in [-0.2, 0) is 0 Å². The van der Waals surface area contributed by atoms with Gasteiger partial charge < -0.3 is 19.4 Å². The molecule has 0 aliphatic heterocycles. The fraction of sp³-hybridized carbons (Fsp3) is 0.0714. The zero-order valence-corrected chi connectivity index (χ0v) is 10.0. The molecule has 0 aliphatic carbocycles. The van der Waals surface area contributed by atoms with Gasteiger partial charge in [-0.3, -0.25) is 0 Å². The standard InChI is InChI=1S/C14H10O5/c1-18-10-4-2-3-8-12(10)13-9(16)5-7(15)6-11(13)19-14(8)17/h2-6,15-16H,1H3. The molecule has 0 aliphatic rings. The Labute approximate surface area is 107 Å². The van der Waals surface area contributed by atoms with Crippen molar-refractivity contribution >= 4 is 21.7 Å². The van der Waals surface area contributed by atoms with Crippen molar-refractivity contribution in [2.45, 2.75) is 0 Å². The molecule has 2 N–H and O–H groups in total. The minimum Gasteiger partial charge on any atom is -0.508 e. The smallest absolute Gasteiger partial charge is 0.344 e. The first-order valence-corrected chi connectivity index (χ1v) is 5.57. The summed E-state index contributed by atoms with van der Waals surface area (Å²) in [6.45, 7) is 0. The molecular formula is C14H10O5. The number of fused-ring (bicyclic) bond motifs is 3. The number of hydrogen-bond donors (Lipinski definition) is 2. The average molecular weight is 258 g/mol. The van der Waals surface area contributed by atoms with Crippen molar-refractivity contribution in [2.24, 2.45) is 0 Å². The van der Waals surface area contributed by atoms with Crippen LogP contribution in [0.3, 0.4) is 0 Å².